The minimum atomic E-state index is 0.384. The molecule has 2 heteroatoms. The highest BCUT2D eigenvalue weighted by atomic mass is 16.3. The van der Waals surface area contributed by atoms with Crippen molar-refractivity contribution < 1.29 is 10.2 Å². The van der Waals surface area contributed by atoms with E-state index in [4.69, 9.17) is 10.2 Å². The number of phenolic OH excluding ortho intramolecular Hbond substituents is 2. The van der Waals surface area contributed by atoms with Gasteiger partial charge in [0.15, 0.2) is 0 Å². The summed E-state index contributed by atoms with van der Waals surface area (Å²) >= 11 is 0. The van der Waals surface area contributed by atoms with Crippen molar-refractivity contribution in [1.29, 1.82) is 0 Å². The number of hydrogen-bond acceptors (Lipinski definition) is 2. The van der Waals surface area contributed by atoms with Crippen LogP contribution in [0.4, 0.5) is 0 Å². The van der Waals surface area contributed by atoms with E-state index >= 15 is 0 Å². The smallest absolute Gasteiger partial charge is 0.118 e. The van der Waals surface area contributed by atoms with Crippen LogP contribution in [0.3, 0.4) is 0 Å². The van der Waals surface area contributed by atoms with Gasteiger partial charge in [0, 0.05) is 0 Å². The first kappa shape index (κ1) is 14.1. The third kappa shape index (κ3) is 4.13. The van der Waals surface area contributed by atoms with Crippen LogP contribution in [-0.2, 0) is 0 Å². The lowest BCUT2D eigenvalue weighted by Gasteiger charge is -1.97. The Kier molecular flexibility index (Phi) is 4.78. The summed E-state index contributed by atoms with van der Waals surface area (Å²) in [6.07, 6.45) is 0. The van der Waals surface area contributed by atoms with E-state index in [2.05, 4.69) is 0 Å². The molecule has 2 aromatic rings. The van der Waals surface area contributed by atoms with Gasteiger partial charge in [-0.2, -0.15) is 0 Å². The van der Waals surface area contributed by atoms with Crippen molar-refractivity contribution >= 4 is 0 Å². The van der Waals surface area contributed by atoms with Crippen LogP contribution in [0.1, 0.15) is 22.3 Å². The predicted octanol–water partition coefficient (Wildman–Crippen LogP) is 4.02. The van der Waals surface area contributed by atoms with Crippen molar-refractivity contribution in [3.63, 3.8) is 0 Å². The summed E-state index contributed by atoms with van der Waals surface area (Å²) in [5.74, 6) is 0.769. The molecule has 0 bridgehead atoms. The molecule has 2 aromatic carbocycles. The fraction of sp³-hybridized carbons (Fsp3) is 0.250. The molecule has 96 valence electrons. The Hall–Kier alpha value is -1.96. The quantitative estimate of drug-likeness (QED) is 0.735. The van der Waals surface area contributed by atoms with Gasteiger partial charge in [0.1, 0.15) is 11.5 Å². The average Bonchev–Trinajstić information content (AvgIpc) is 2.30. The molecular formula is C16H20O2. The minimum absolute atomic E-state index is 0.384. The lowest BCUT2D eigenvalue weighted by Crippen LogP contribution is -1.74. The summed E-state index contributed by atoms with van der Waals surface area (Å²) < 4.78 is 0. The fourth-order valence-electron chi connectivity index (χ4n) is 1.44. The van der Waals surface area contributed by atoms with Crippen molar-refractivity contribution in [3.8, 4) is 11.5 Å². The lowest BCUT2D eigenvalue weighted by molar-refractivity contribution is 0.470. The number of benzene rings is 2. The maximum Gasteiger partial charge on any atom is 0.118 e. The van der Waals surface area contributed by atoms with E-state index in [1.165, 1.54) is 0 Å². The molecule has 0 fully saturated rings. The molecule has 18 heavy (non-hydrogen) atoms. The molecule has 0 atom stereocenters. The summed E-state index contributed by atoms with van der Waals surface area (Å²) in [5.41, 5.74) is 4.05. The Morgan fingerprint density at radius 1 is 0.611 bits per heavy atom. The van der Waals surface area contributed by atoms with Gasteiger partial charge in [0.05, 0.1) is 0 Å². The van der Waals surface area contributed by atoms with Crippen LogP contribution in [0.15, 0.2) is 36.4 Å². The molecule has 2 rings (SSSR count). The van der Waals surface area contributed by atoms with Crippen molar-refractivity contribution in [2.24, 2.45) is 0 Å². The van der Waals surface area contributed by atoms with Crippen LogP contribution in [0.5, 0.6) is 11.5 Å². The summed E-state index contributed by atoms with van der Waals surface area (Å²) in [6, 6.07) is 11.3. The lowest BCUT2D eigenvalue weighted by atomic mass is 10.1. The van der Waals surface area contributed by atoms with Gasteiger partial charge in [-0.15, -0.1) is 0 Å². The normalized spacial score (nSPS) is 9.56. The van der Waals surface area contributed by atoms with Crippen molar-refractivity contribution in [1.82, 2.24) is 0 Å². The second-order valence-electron chi connectivity index (χ2n) is 4.58. The van der Waals surface area contributed by atoms with E-state index in [1.807, 2.05) is 52.0 Å². The SMILES string of the molecule is Cc1ccc(C)c(O)c1.Cc1ccc(C)c(O)c1. The number of phenols is 2. The van der Waals surface area contributed by atoms with Gasteiger partial charge in [-0.1, -0.05) is 24.3 Å². The van der Waals surface area contributed by atoms with Crippen molar-refractivity contribution in [2.75, 3.05) is 0 Å². The highest BCUT2D eigenvalue weighted by Gasteiger charge is 1.92. The summed E-state index contributed by atoms with van der Waals surface area (Å²) in [6.45, 7) is 7.68. The second kappa shape index (κ2) is 6.10. The Bertz CT molecular complexity index is 481. The molecule has 2 N–H and O–H groups in total. The predicted molar refractivity (Wildman–Crippen MR) is 75.2 cm³/mol. The zero-order valence-corrected chi connectivity index (χ0v) is 11.4. The Morgan fingerprint density at radius 3 is 1.17 bits per heavy atom. The maximum absolute atomic E-state index is 9.10. The van der Waals surface area contributed by atoms with Crippen LogP contribution < -0.4 is 0 Å². The van der Waals surface area contributed by atoms with Gasteiger partial charge in [0.2, 0.25) is 0 Å². The number of hydrogen-bond donors (Lipinski definition) is 2. The summed E-state index contributed by atoms with van der Waals surface area (Å²) in [5, 5.41) is 18.2. The molecule has 0 aromatic heterocycles. The highest BCUT2D eigenvalue weighted by molar-refractivity contribution is 5.35. The molecule has 0 saturated heterocycles. The molecular weight excluding hydrogens is 224 g/mol. The summed E-state index contributed by atoms with van der Waals surface area (Å²) in [4.78, 5) is 0. The molecule has 0 aliphatic carbocycles. The van der Waals surface area contributed by atoms with E-state index in [0.29, 0.717) is 11.5 Å². The largest absolute Gasteiger partial charge is 0.508 e. The first-order valence-electron chi connectivity index (χ1n) is 5.92. The molecule has 0 radical (unpaired) electrons. The zero-order chi connectivity index (χ0) is 13.7. The standard InChI is InChI=1S/2C8H10O/c2*1-6-3-4-7(2)8(9)5-6/h2*3-5,9H,1-2H3. The molecule has 0 aliphatic heterocycles. The molecule has 0 saturated carbocycles. The number of rotatable bonds is 0. The number of aromatic hydroxyl groups is 2. The van der Waals surface area contributed by atoms with Crippen molar-refractivity contribution in [2.45, 2.75) is 27.7 Å². The molecule has 0 heterocycles. The maximum atomic E-state index is 9.10. The minimum Gasteiger partial charge on any atom is -0.508 e. The van der Waals surface area contributed by atoms with E-state index in [-0.39, 0.29) is 0 Å². The average molecular weight is 244 g/mol. The second-order valence-corrected chi connectivity index (χ2v) is 4.58. The van der Waals surface area contributed by atoms with Crippen LogP contribution >= 0.6 is 0 Å². The van der Waals surface area contributed by atoms with E-state index in [0.717, 1.165) is 22.3 Å². The Labute approximate surface area is 109 Å². The fourth-order valence-corrected chi connectivity index (χ4v) is 1.44. The molecule has 0 spiro atoms. The van der Waals surface area contributed by atoms with Gasteiger partial charge < -0.3 is 10.2 Å². The van der Waals surface area contributed by atoms with Gasteiger partial charge in [0.25, 0.3) is 0 Å². The van der Waals surface area contributed by atoms with Crippen LogP contribution in [-0.4, -0.2) is 10.2 Å². The van der Waals surface area contributed by atoms with E-state index in [1.54, 1.807) is 12.1 Å². The zero-order valence-electron chi connectivity index (χ0n) is 11.4. The van der Waals surface area contributed by atoms with Crippen LogP contribution in [0.25, 0.3) is 0 Å². The molecule has 0 unspecified atom stereocenters. The summed E-state index contributed by atoms with van der Waals surface area (Å²) in [7, 11) is 0. The molecule has 0 amide bonds. The van der Waals surface area contributed by atoms with Gasteiger partial charge >= 0.3 is 0 Å². The first-order valence-corrected chi connectivity index (χ1v) is 5.92. The van der Waals surface area contributed by atoms with Crippen LogP contribution in [0.2, 0.25) is 0 Å². The monoisotopic (exact) mass is 244 g/mol. The van der Waals surface area contributed by atoms with Gasteiger partial charge in [-0.3, -0.25) is 0 Å². The van der Waals surface area contributed by atoms with Crippen LogP contribution in [0, 0.1) is 27.7 Å². The van der Waals surface area contributed by atoms with Gasteiger partial charge in [-0.05, 0) is 62.1 Å². The Morgan fingerprint density at radius 2 is 0.944 bits per heavy atom. The third-order valence-electron chi connectivity index (χ3n) is 2.73. The number of aryl methyl sites for hydroxylation is 4. The molecule has 0 aliphatic rings. The first-order chi connectivity index (χ1) is 8.40. The Balaban J connectivity index is 0.000000180. The van der Waals surface area contributed by atoms with E-state index < -0.39 is 0 Å². The highest BCUT2D eigenvalue weighted by Crippen LogP contribution is 2.16. The van der Waals surface area contributed by atoms with Gasteiger partial charge in [-0.25, -0.2) is 0 Å². The third-order valence-corrected chi connectivity index (χ3v) is 2.73. The van der Waals surface area contributed by atoms with Crippen molar-refractivity contribution in [3.05, 3.63) is 58.7 Å². The molecule has 2 nitrogen and oxygen atoms in total. The van der Waals surface area contributed by atoms with E-state index in [9.17, 15) is 0 Å². The topological polar surface area (TPSA) is 40.5 Å².